The Bertz CT molecular complexity index is 95.6. The summed E-state index contributed by atoms with van der Waals surface area (Å²) in [4.78, 5) is 9.73. The number of carbonyl (C=O) groups is 1. The maximum Gasteiger partial charge on any atom is 0.505 e. The molecule has 0 saturated heterocycles. The van der Waals surface area contributed by atoms with Gasteiger partial charge >= 0.3 is 6.16 Å². The molecule has 0 aliphatic carbocycles. The second-order valence-electron chi connectivity index (χ2n) is 1.52. The summed E-state index contributed by atoms with van der Waals surface area (Å²) in [5, 5.41) is 7.97. The Balaban J connectivity index is 2.84. The lowest BCUT2D eigenvalue weighted by molar-refractivity contribution is 0.0500. The third kappa shape index (κ3) is 7.19. The molecule has 0 amide bonds. The minimum absolute atomic E-state index is 0.0648. The summed E-state index contributed by atoms with van der Waals surface area (Å²) in [5.74, 6) is 0. The molecule has 0 aromatic rings. The summed E-state index contributed by atoms with van der Waals surface area (Å²) in [6.07, 6.45) is -1.28. The summed E-state index contributed by atoms with van der Waals surface area (Å²) >= 11 is 0. The van der Waals surface area contributed by atoms with Gasteiger partial charge in [0.25, 0.3) is 0 Å². The molecule has 0 spiro atoms. The van der Waals surface area contributed by atoms with Gasteiger partial charge in [-0.2, -0.15) is 0 Å². The topological polar surface area (TPSA) is 81.8 Å². The lowest BCUT2D eigenvalue weighted by Crippen LogP contribution is -2.13. The van der Waals surface area contributed by atoms with Crippen molar-refractivity contribution in [1.82, 2.24) is 0 Å². The van der Waals surface area contributed by atoms with Crippen LogP contribution >= 0.6 is 0 Å². The number of rotatable bonds is 5. The first-order valence-corrected chi connectivity index (χ1v) is 2.91. The molecule has 5 nitrogen and oxygen atoms in total. The van der Waals surface area contributed by atoms with E-state index in [1.165, 1.54) is 0 Å². The van der Waals surface area contributed by atoms with Gasteiger partial charge in [0.1, 0.15) is 6.61 Å². The fraction of sp³-hybridized carbons (Fsp3) is 0.800. The molecule has 0 aromatic carbocycles. The number of hydrogen-bond donors (Lipinski definition) is 2. The molecule has 0 aromatic heterocycles. The second kappa shape index (κ2) is 6.31. The van der Waals surface area contributed by atoms with Crippen LogP contribution in [0.2, 0.25) is 0 Å². The Hall–Kier alpha value is -0.810. The Kier molecular flexibility index (Phi) is 5.80. The van der Waals surface area contributed by atoms with Gasteiger partial charge in [-0.15, -0.1) is 0 Å². The van der Waals surface area contributed by atoms with Gasteiger partial charge < -0.3 is 20.3 Å². The highest BCUT2D eigenvalue weighted by molar-refractivity contribution is 5.56. The third-order valence-electron chi connectivity index (χ3n) is 0.715. The van der Waals surface area contributed by atoms with E-state index in [0.29, 0.717) is 13.2 Å². The lowest BCUT2D eigenvalue weighted by atomic mass is 10.7. The normalized spacial score (nSPS) is 9.30. The molecule has 3 N–H and O–H groups in total. The zero-order valence-corrected chi connectivity index (χ0v) is 5.58. The molecule has 0 bridgehead atoms. The SMILES string of the molecule is NCCOCCOC(=O)O. The largest absolute Gasteiger partial charge is 0.505 e. The summed E-state index contributed by atoms with van der Waals surface area (Å²) in [7, 11) is 0. The van der Waals surface area contributed by atoms with E-state index in [9.17, 15) is 4.79 Å². The fourth-order valence-electron chi connectivity index (χ4n) is 0.373. The maximum absolute atomic E-state index is 9.73. The molecule has 0 fully saturated rings. The van der Waals surface area contributed by atoms with E-state index >= 15 is 0 Å². The van der Waals surface area contributed by atoms with Crippen molar-refractivity contribution in [1.29, 1.82) is 0 Å². The minimum atomic E-state index is -1.28. The van der Waals surface area contributed by atoms with Crippen molar-refractivity contribution >= 4 is 6.16 Å². The van der Waals surface area contributed by atoms with Crippen LogP contribution in [0.4, 0.5) is 4.79 Å². The molecule has 0 heterocycles. The molecule has 0 aliphatic heterocycles. The van der Waals surface area contributed by atoms with Crippen LogP contribution in [0.1, 0.15) is 0 Å². The summed E-state index contributed by atoms with van der Waals surface area (Å²) < 4.78 is 8.96. The average molecular weight is 149 g/mol. The van der Waals surface area contributed by atoms with Crippen LogP contribution < -0.4 is 5.73 Å². The first-order valence-electron chi connectivity index (χ1n) is 2.91. The van der Waals surface area contributed by atoms with E-state index in [1.807, 2.05) is 0 Å². The summed E-state index contributed by atoms with van der Waals surface area (Å²) in [5.41, 5.74) is 5.09. The van der Waals surface area contributed by atoms with Crippen molar-refractivity contribution in [2.75, 3.05) is 26.4 Å². The highest BCUT2D eigenvalue weighted by atomic mass is 16.7. The van der Waals surface area contributed by atoms with Crippen LogP contribution in [0.5, 0.6) is 0 Å². The molecule has 10 heavy (non-hydrogen) atoms. The quantitative estimate of drug-likeness (QED) is 0.412. The van der Waals surface area contributed by atoms with Crippen molar-refractivity contribution in [2.45, 2.75) is 0 Å². The molecular weight excluding hydrogens is 138 g/mol. The molecule has 0 atom stereocenters. The standard InChI is InChI=1S/C5H11NO4/c6-1-2-9-3-4-10-5(7)8/h1-4,6H2,(H,7,8). The number of carboxylic acid groups (broad SMARTS) is 1. The van der Waals surface area contributed by atoms with Crippen LogP contribution in [-0.4, -0.2) is 37.6 Å². The molecule has 0 saturated carbocycles. The van der Waals surface area contributed by atoms with Gasteiger partial charge in [-0.3, -0.25) is 0 Å². The van der Waals surface area contributed by atoms with E-state index < -0.39 is 6.16 Å². The predicted octanol–water partition coefficient (Wildman–Crippen LogP) is -0.344. The first kappa shape index (κ1) is 9.19. The van der Waals surface area contributed by atoms with Crippen molar-refractivity contribution in [3.05, 3.63) is 0 Å². The highest BCUT2D eigenvalue weighted by Crippen LogP contribution is 1.77. The smallest absolute Gasteiger partial charge is 0.450 e. The zero-order valence-electron chi connectivity index (χ0n) is 5.58. The monoisotopic (exact) mass is 149 g/mol. The van der Waals surface area contributed by atoms with Crippen LogP contribution in [0.3, 0.4) is 0 Å². The Morgan fingerprint density at radius 2 is 2.10 bits per heavy atom. The van der Waals surface area contributed by atoms with E-state index in [2.05, 4.69) is 4.74 Å². The number of hydrogen-bond acceptors (Lipinski definition) is 4. The molecular formula is C5H11NO4. The zero-order chi connectivity index (χ0) is 7.82. The number of ether oxygens (including phenoxy) is 2. The average Bonchev–Trinajstić information content (AvgIpc) is 1.87. The van der Waals surface area contributed by atoms with Crippen LogP contribution in [0.25, 0.3) is 0 Å². The van der Waals surface area contributed by atoms with Gasteiger partial charge in [-0.05, 0) is 0 Å². The van der Waals surface area contributed by atoms with Gasteiger partial charge in [-0.1, -0.05) is 0 Å². The van der Waals surface area contributed by atoms with E-state index in [4.69, 9.17) is 15.6 Å². The summed E-state index contributed by atoms with van der Waals surface area (Å²) in [6.45, 7) is 1.20. The molecule has 60 valence electrons. The highest BCUT2D eigenvalue weighted by Gasteiger charge is 1.93. The van der Waals surface area contributed by atoms with Crippen molar-refractivity contribution < 1.29 is 19.4 Å². The van der Waals surface area contributed by atoms with Crippen LogP contribution in [0, 0.1) is 0 Å². The van der Waals surface area contributed by atoms with Gasteiger partial charge in [0.2, 0.25) is 0 Å². The molecule has 5 heteroatoms. The number of nitrogens with two attached hydrogens (primary N) is 1. The second-order valence-corrected chi connectivity index (χ2v) is 1.52. The first-order chi connectivity index (χ1) is 4.77. The molecule has 0 unspecified atom stereocenters. The van der Waals surface area contributed by atoms with Gasteiger partial charge in [0.15, 0.2) is 0 Å². The van der Waals surface area contributed by atoms with E-state index in [0.717, 1.165) is 0 Å². The minimum Gasteiger partial charge on any atom is -0.450 e. The lowest BCUT2D eigenvalue weighted by Gasteiger charge is -2.00. The van der Waals surface area contributed by atoms with Gasteiger partial charge in [0.05, 0.1) is 13.2 Å². The van der Waals surface area contributed by atoms with Crippen LogP contribution in [0.15, 0.2) is 0 Å². The molecule has 0 aliphatic rings. The van der Waals surface area contributed by atoms with Gasteiger partial charge in [-0.25, -0.2) is 4.79 Å². The van der Waals surface area contributed by atoms with E-state index in [1.54, 1.807) is 0 Å². The van der Waals surface area contributed by atoms with Crippen molar-refractivity contribution in [3.8, 4) is 0 Å². The van der Waals surface area contributed by atoms with Crippen molar-refractivity contribution in [3.63, 3.8) is 0 Å². The summed E-state index contributed by atoms with van der Waals surface area (Å²) in [6, 6.07) is 0. The van der Waals surface area contributed by atoms with Crippen LogP contribution in [-0.2, 0) is 9.47 Å². The van der Waals surface area contributed by atoms with Crippen molar-refractivity contribution in [2.24, 2.45) is 5.73 Å². The Morgan fingerprint density at radius 1 is 1.40 bits per heavy atom. The van der Waals surface area contributed by atoms with E-state index in [-0.39, 0.29) is 13.2 Å². The predicted molar refractivity (Wildman–Crippen MR) is 33.9 cm³/mol. The third-order valence-corrected chi connectivity index (χ3v) is 0.715. The Morgan fingerprint density at radius 3 is 2.60 bits per heavy atom. The Labute approximate surface area is 58.7 Å². The van der Waals surface area contributed by atoms with Gasteiger partial charge in [0, 0.05) is 6.54 Å². The molecule has 0 rings (SSSR count). The molecule has 0 radical (unpaired) electrons. The fourth-order valence-corrected chi connectivity index (χ4v) is 0.373. The maximum atomic E-state index is 9.73.